The van der Waals surface area contributed by atoms with Crippen molar-refractivity contribution in [2.45, 2.75) is 53.0 Å². The zero-order valence-corrected chi connectivity index (χ0v) is 17.1. The van der Waals surface area contributed by atoms with E-state index in [1.54, 1.807) is 6.92 Å². The van der Waals surface area contributed by atoms with Gasteiger partial charge in [0, 0.05) is 29.8 Å². The fourth-order valence-corrected chi connectivity index (χ4v) is 3.85. The molecular weight excluding hydrogens is 362 g/mol. The molecule has 2 rings (SSSR count). The number of anilines is 1. The predicted octanol–water partition coefficient (Wildman–Crippen LogP) is 4.01. The molecule has 1 aromatic heterocycles. The monoisotopic (exact) mass is 389 g/mol. The summed E-state index contributed by atoms with van der Waals surface area (Å²) in [7, 11) is 0. The van der Waals surface area contributed by atoms with Gasteiger partial charge in [-0.3, -0.25) is 9.59 Å². The van der Waals surface area contributed by atoms with Crippen LogP contribution in [0, 0.1) is 0 Å². The van der Waals surface area contributed by atoms with Gasteiger partial charge in [-0.25, -0.2) is 4.98 Å². The van der Waals surface area contributed by atoms with Gasteiger partial charge in [-0.2, -0.15) is 0 Å². The van der Waals surface area contributed by atoms with Crippen molar-refractivity contribution in [3.63, 3.8) is 0 Å². The number of amides is 2. The number of aryl methyl sites for hydroxylation is 1. The van der Waals surface area contributed by atoms with E-state index in [9.17, 15) is 9.59 Å². The van der Waals surface area contributed by atoms with Crippen LogP contribution in [-0.2, 0) is 16.0 Å². The van der Waals surface area contributed by atoms with Gasteiger partial charge in [-0.15, -0.1) is 11.3 Å². The Labute approximate surface area is 164 Å². The number of rotatable bonds is 9. The van der Waals surface area contributed by atoms with Crippen LogP contribution in [0.25, 0.3) is 11.3 Å². The second kappa shape index (κ2) is 10.1. The van der Waals surface area contributed by atoms with Gasteiger partial charge in [-0.05, 0) is 44.5 Å². The minimum absolute atomic E-state index is 0.146. The number of hydrogen-bond donors (Lipinski definition) is 2. The van der Waals surface area contributed by atoms with E-state index in [1.807, 2.05) is 31.2 Å². The topological polar surface area (TPSA) is 80.3 Å². The molecule has 0 aliphatic carbocycles. The third-order valence-corrected chi connectivity index (χ3v) is 4.83. The maximum Gasteiger partial charge on any atom is 0.228 e. The summed E-state index contributed by atoms with van der Waals surface area (Å²) in [4.78, 5) is 29.1. The first-order valence-corrected chi connectivity index (χ1v) is 10.0. The summed E-state index contributed by atoms with van der Waals surface area (Å²) in [5, 5.41) is 6.15. The van der Waals surface area contributed by atoms with Gasteiger partial charge >= 0.3 is 0 Å². The molecule has 7 heteroatoms. The van der Waals surface area contributed by atoms with Gasteiger partial charge in [0.1, 0.15) is 5.75 Å². The molecule has 0 aliphatic rings. The Balaban J connectivity index is 2.14. The summed E-state index contributed by atoms with van der Waals surface area (Å²) in [6, 6.07) is 7.62. The Kier molecular flexibility index (Phi) is 7.79. The Morgan fingerprint density at radius 3 is 2.52 bits per heavy atom. The molecule has 0 spiro atoms. The Bertz CT molecular complexity index is 771. The smallest absolute Gasteiger partial charge is 0.228 e. The van der Waals surface area contributed by atoms with E-state index in [0.29, 0.717) is 11.7 Å². The van der Waals surface area contributed by atoms with E-state index in [2.05, 4.69) is 22.5 Å². The van der Waals surface area contributed by atoms with Crippen LogP contribution in [-0.4, -0.2) is 29.4 Å². The van der Waals surface area contributed by atoms with Crippen molar-refractivity contribution < 1.29 is 14.3 Å². The number of nitrogens with one attached hydrogen (secondary N) is 2. The van der Waals surface area contributed by atoms with Crippen molar-refractivity contribution in [1.29, 1.82) is 0 Å². The minimum Gasteiger partial charge on any atom is -0.494 e. The van der Waals surface area contributed by atoms with E-state index >= 15 is 0 Å². The SMILES string of the molecule is CCCc1sc(NC(=O)CC(C)NC(C)=O)nc1-c1ccc(OCC)cc1. The Morgan fingerprint density at radius 2 is 1.93 bits per heavy atom. The van der Waals surface area contributed by atoms with Gasteiger partial charge in [0.05, 0.1) is 12.3 Å². The quantitative estimate of drug-likeness (QED) is 0.679. The average molecular weight is 390 g/mol. The van der Waals surface area contributed by atoms with Crippen LogP contribution in [0.3, 0.4) is 0 Å². The molecule has 6 nitrogen and oxygen atoms in total. The molecule has 2 aromatic rings. The van der Waals surface area contributed by atoms with Crippen molar-refractivity contribution in [3.8, 4) is 17.0 Å². The van der Waals surface area contributed by atoms with Crippen molar-refractivity contribution in [2.24, 2.45) is 0 Å². The summed E-state index contributed by atoms with van der Waals surface area (Å²) in [6.07, 6.45) is 2.11. The Morgan fingerprint density at radius 1 is 1.22 bits per heavy atom. The summed E-state index contributed by atoms with van der Waals surface area (Å²) < 4.78 is 5.49. The fraction of sp³-hybridized carbons (Fsp3) is 0.450. The lowest BCUT2D eigenvalue weighted by Gasteiger charge is -2.11. The predicted molar refractivity (Wildman–Crippen MR) is 109 cm³/mol. The summed E-state index contributed by atoms with van der Waals surface area (Å²) in [5.41, 5.74) is 1.90. The molecule has 0 bridgehead atoms. The third-order valence-electron chi connectivity index (χ3n) is 3.80. The highest BCUT2D eigenvalue weighted by Gasteiger charge is 2.16. The van der Waals surface area contributed by atoms with Gasteiger partial charge in [-0.1, -0.05) is 13.3 Å². The Hall–Kier alpha value is -2.41. The van der Waals surface area contributed by atoms with Crippen molar-refractivity contribution >= 4 is 28.3 Å². The number of nitrogens with zero attached hydrogens (tertiary/aromatic N) is 1. The molecule has 0 saturated carbocycles. The molecule has 0 aliphatic heterocycles. The number of benzene rings is 1. The van der Waals surface area contributed by atoms with Crippen molar-refractivity contribution in [1.82, 2.24) is 10.3 Å². The largest absolute Gasteiger partial charge is 0.494 e. The first kappa shape index (κ1) is 20.9. The number of hydrogen-bond acceptors (Lipinski definition) is 5. The van der Waals surface area contributed by atoms with E-state index in [0.717, 1.165) is 34.7 Å². The number of ether oxygens (including phenoxy) is 1. The third kappa shape index (κ3) is 6.36. The maximum atomic E-state index is 12.2. The zero-order chi connectivity index (χ0) is 19.8. The van der Waals surface area contributed by atoms with Crippen LogP contribution in [0.5, 0.6) is 5.75 Å². The van der Waals surface area contributed by atoms with Crippen LogP contribution in [0.1, 0.15) is 45.4 Å². The van der Waals surface area contributed by atoms with Gasteiger partial charge in [0.2, 0.25) is 11.8 Å². The molecular formula is C20H27N3O3S. The van der Waals surface area contributed by atoms with Gasteiger partial charge < -0.3 is 15.4 Å². The first-order valence-electron chi connectivity index (χ1n) is 9.22. The lowest BCUT2D eigenvalue weighted by Crippen LogP contribution is -2.33. The summed E-state index contributed by atoms with van der Waals surface area (Å²) >= 11 is 1.50. The zero-order valence-electron chi connectivity index (χ0n) is 16.3. The molecule has 0 fully saturated rings. The van der Waals surface area contributed by atoms with E-state index in [4.69, 9.17) is 4.74 Å². The maximum absolute atomic E-state index is 12.2. The highest BCUT2D eigenvalue weighted by molar-refractivity contribution is 7.16. The number of carbonyl (C=O) groups is 2. The molecule has 1 heterocycles. The summed E-state index contributed by atoms with van der Waals surface area (Å²) in [6.45, 7) is 7.95. The fourth-order valence-electron chi connectivity index (χ4n) is 2.75. The molecule has 1 aromatic carbocycles. The average Bonchev–Trinajstić information content (AvgIpc) is 2.97. The van der Waals surface area contributed by atoms with E-state index < -0.39 is 0 Å². The molecule has 1 atom stereocenters. The molecule has 27 heavy (non-hydrogen) atoms. The molecule has 146 valence electrons. The number of aromatic nitrogens is 1. The summed E-state index contributed by atoms with van der Waals surface area (Å²) in [5.74, 6) is 0.521. The molecule has 2 N–H and O–H groups in total. The van der Waals surface area contributed by atoms with E-state index in [-0.39, 0.29) is 24.3 Å². The van der Waals surface area contributed by atoms with E-state index in [1.165, 1.54) is 18.3 Å². The molecule has 1 unspecified atom stereocenters. The highest BCUT2D eigenvalue weighted by atomic mass is 32.1. The van der Waals surface area contributed by atoms with Crippen molar-refractivity contribution in [2.75, 3.05) is 11.9 Å². The standard InChI is InChI=1S/C20H27N3O3S/c1-5-7-17-19(15-8-10-16(11-9-15)26-6-2)23-20(27-17)22-18(25)12-13(3)21-14(4)24/h8-11,13H,5-7,12H2,1-4H3,(H,21,24)(H,22,23,25). The lowest BCUT2D eigenvalue weighted by molar-refractivity contribution is -0.120. The van der Waals surface area contributed by atoms with Gasteiger partial charge in [0.25, 0.3) is 0 Å². The highest BCUT2D eigenvalue weighted by Crippen LogP contribution is 2.33. The van der Waals surface area contributed by atoms with Gasteiger partial charge in [0.15, 0.2) is 5.13 Å². The van der Waals surface area contributed by atoms with Crippen LogP contribution >= 0.6 is 11.3 Å². The van der Waals surface area contributed by atoms with Crippen LogP contribution < -0.4 is 15.4 Å². The lowest BCUT2D eigenvalue weighted by atomic mass is 10.1. The normalized spacial score (nSPS) is 11.7. The second-order valence-corrected chi connectivity index (χ2v) is 7.44. The van der Waals surface area contributed by atoms with Crippen LogP contribution in [0.2, 0.25) is 0 Å². The first-order chi connectivity index (χ1) is 12.9. The molecule has 0 radical (unpaired) electrons. The number of carbonyl (C=O) groups excluding carboxylic acids is 2. The number of thiazole rings is 1. The van der Waals surface area contributed by atoms with Crippen molar-refractivity contribution in [3.05, 3.63) is 29.1 Å². The second-order valence-electron chi connectivity index (χ2n) is 6.35. The minimum atomic E-state index is -0.219. The van der Waals surface area contributed by atoms with Crippen LogP contribution in [0.4, 0.5) is 5.13 Å². The molecule has 0 saturated heterocycles. The molecule has 2 amide bonds. The van der Waals surface area contributed by atoms with Crippen LogP contribution in [0.15, 0.2) is 24.3 Å².